The van der Waals surface area contributed by atoms with Gasteiger partial charge in [0.25, 0.3) is 11.8 Å². The predicted molar refractivity (Wildman–Crippen MR) is 159 cm³/mol. The summed E-state index contributed by atoms with van der Waals surface area (Å²) >= 11 is 0. The lowest BCUT2D eigenvalue weighted by atomic mass is 9.73. The van der Waals surface area contributed by atoms with Gasteiger partial charge in [0, 0.05) is 39.6 Å². The lowest BCUT2D eigenvalue weighted by molar-refractivity contribution is 0.0591. The Morgan fingerprint density at radius 1 is 0.600 bits per heavy atom. The van der Waals surface area contributed by atoms with E-state index in [1.807, 2.05) is 77.9 Å². The maximum atomic E-state index is 13.7. The number of Topliss-reactive ketones (excluding diaryl/α,β-unsaturated/α-hetero) is 2. The van der Waals surface area contributed by atoms with Crippen molar-refractivity contribution in [2.75, 3.05) is 6.54 Å². The summed E-state index contributed by atoms with van der Waals surface area (Å²) in [4.78, 5) is 56.1. The Labute approximate surface area is 232 Å². The van der Waals surface area contributed by atoms with E-state index >= 15 is 0 Å². The average Bonchev–Trinajstić information content (AvgIpc) is 2.90. The van der Waals surface area contributed by atoms with Gasteiger partial charge in [0.15, 0.2) is 11.6 Å². The minimum Gasteiger partial charge on any atom is -0.293 e. The Balaban J connectivity index is 1.64. The Morgan fingerprint density at radius 3 is 1.68 bits per heavy atom. The van der Waals surface area contributed by atoms with E-state index in [1.54, 1.807) is 0 Å². The standard InChI is InChI=1S/C35H31NO4/c1-15(2)11-25-32(37)21-9-7-19-27-18(6)13-24-29-22(34(39)36(35(24)40)14-16(3)4)10-8-20(31(27)29)26-17(5)12-23(33(25)38)28(21)30(19)26/h7-10,12-13,15-16,25H,11,14H2,1-6H3. The van der Waals surface area contributed by atoms with Crippen molar-refractivity contribution in [1.82, 2.24) is 4.90 Å². The molecule has 0 N–H and O–H groups in total. The molecule has 0 radical (unpaired) electrons. The molecule has 5 heteroatoms. The van der Waals surface area contributed by atoms with Crippen molar-refractivity contribution in [2.24, 2.45) is 17.8 Å². The highest BCUT2D eigenvalue weighted by molar-refractivity contribution is 6.42. The van der Waals surface area contributed by atoms with E-state index in [-0.39, 0.29) is 35.2 Å². The number of imide groups is 1. The topological polar surface area (TPSA) is 71.5 Å². The second-order valence-corrected chi connectivity index (χ2v) is 12.6. The lowest BCUT2D eigenvalue weighted by Gasteiger charge is -2.31. The summed E-state index contributed by atoms with van der Waals surface area (Å²) in [6, 6.07) is 11.6. The van der Waals surface area contributed by atoms with E-state index in [0.717, 1.165) is 48.8 Å². The van der Waals surface area contributed by atoms with Gasteiger partial charge >= 0.3 is 0 Å². The van der Waals surface area contributed by atoms with Crippen LogP contribution in [0.4, 0.5) is 0 Å². The molecule has 2 aliphatic rings. The number of aryl methyl sites for hydroxylation is 2. The number of fused-ring (bicyclic) bond motifs is 2. The molecule has 1 atom stereocenters. The van der Waals surface area contributed by atoms with Gasteiger partial charge in [0.2, 0.25) is 0 Å². The first-order valence-electron chi connectivity index (χ1n) is 14.2. The van der Waals surface area contributed by atoms with Crippen molar-refractivity contribution in [3.05, 3.63) is 69.8 Å². The van der Waals surface area contributed by atoms with Crippen LogP contribution in [0.1, 0.15) is 86.7 Å². The first kappa shape index (κ1) is 24.9. The molecule has 0 aromatic heterocycles. The molecule has 1 unspecified atom stereocenters. The number of carbonyl (C=O) groups excluding carboxylic acids is 4. The highest BCUT2D eigenvalue weighted by Gasteiger charge is 2.39. The molecule has 1 aliphatic carbocycles. The Kier molecular flexibility index (Phi) is 5.10. The summed E-state index contributed by atoms with van der Waals surface area (Å²) in [5, 5.41) is 7.09. The normalized spacial score (nSPS) is 17.3. The van der Waals surface area contributed by atoms with Crippen LogP contribution in [-0.4, -0.2) is 34.8 Å². The number of amides is 2. The molecule has 5 aromatic rings. The number of nitrogens with zero attached hydrogens (tertiary/aromatic N) is 1. The van der Waals surface area contributed by atoms with Crippen LogP contribution in [0.25, 0.3) is 43.1 Å². The average molecular weight is 530 g/mol. The fraction of sp³-hybridized carbons (Fsp3) is 0.314. The summed E-state index contributed by atoms with van der Waals surface area (Å²) in [6.07, 6.45) is 0.532. The van der Waals surface area contributed by atoms with Gasteiger partial charge < -0.3 is 0 Å². The molecular weight excluding hydrogens is 498 g/mol. The Morgan fingerprint density at radius 2 is 1.10 bits per heavy atom. The molecule has 2 amide bonds. The lowest BCUT2D eigenvalue weighted by Crippen LogP contribution is -2.42. The summed E-state index contributed by atoms with van der Waals surface area (Å²) in [7, 11) is 0. The zero-order valence-electron chi connectivity index (χ0n) is 23.7. The molecular formula is C35H31NO4. The van der Waals surface area contributed by atoms with Crippen LogP contribution in [0.2, 0.25) is 0 Å². The van der Waals surface area contributed by atoms with Crippen molar-refractivity contribution >= 4 is 66.5 Å². The number of benzene rings is 5. The van der Waals surface area contributed by atoms with Gasteiger partial charge in [-0.3, -0.25) is 24.1 Å². The first-order valence-corrected chi connectivity index (χ1v) is 14.2. The van der Waals surface area contributed by atoms with Crippen LogP contribution in [0, 0.1) is 31.6 Å². The van der Waals surface area contributed by atoms with Crippen molar-refractivity contribution < 1.29 is 19.2 Å². The van der Waals surface area contributed by atoms with Crippen molar-refractivity contribution in [2.45, 2.75) is 48.0 Å². The highest BCUT2D eigenvalue weighted by atomic mass is 16.2. The Bertz CT molecular complexity index is 1870. The third-order valence-electron chi connectivity index (χ3n) is 8.87. The smallest absolute Gasteiger partial charge is 0.261 e. The van der Waals surface area contributed by atoms with Crippen LogP contribution in [0.15, 0.2) is 36.4 Å². The minimum atomic E-state index is -0.652. The monoisotopic (exact) mass is 529 g/mol. The second-order valence-electron chi connectivity index (χ2n) is 12.6. The van der Waals surface area contributed by atoms with Crippen LogP contribution in [0.3, 0.4) is 0 Å². The van der Waals surface area contributed by atoms with Crippen molar-refractivity contribution in [3.8, 4) is 0 Å². The summed E-state index contributed by atoms with van der Waals surface area (Å²) in [6.45, 7) is 12.5. The summed E-state index contributed by atoms with van der Waals surface area (Å²) in [5.41, 5.74) is 4.22. The number of carbonyl (C=O) groups is 4. The van der Waals surface area contributed by atoms with E-state index in [0.29, 0.717) is 40.6 Å². The van der Waals surface area contributed by atoms with Crippen LogP contribution in [-0.2, 0) is 0 Å². The van der Waals surface area contributed by atoms with Gasteiger partial charge in [-0.15, -0.1) is 0 Å². The summed E-state index contributed by atoms with van der Waals surface area (Å²) in [5.74, 6) is -0.965. The largest absolute Gasteiger partial charge is 0.293 e. The number of ketones is 2. The summed E-state index contributed by atoms with van der Waals surface area (Å²) < 4.78 is 0. The fourth-order valence-electron chi connectivity index (χ4n) is 7.35. The van der Waals surface area contributed by atoms with Crippen LogP contribution >= 0.6 is 0 Å². The van der Waals surface area contributed by atoms with Gasteiger partial charge in [-0.2, -0.15) is 0 Å². The molecule has 5 nitrogen and oxygen atoms in total. The maximum Gasteiger partial charge on any atom is 0.261 e. The third-order valence-corrected chi connectivity index (χ3v) is 8.87. The molecule has 200 valence electrons. The van der Waals surface area contributed by atoms with Gasteiger partial charge in [-0.1, -0.05) is 45.9 Å². The predicted octanol–water partition coefficient (Wildman–Crippen LogP) is 7.65. The molecule has 0 bridgehead atoms. The minimum absolute atomic E-state index is 0.0906. The molecule has 5 aromatic carbocycles. The maximum absolute atomic E-state index is 13.7. The van der Waals surface area contributed by atoms with E-state index in [1.165, 1.54) is 4.90 Å². The molecule has 40 heavy (non-hydrogen) atoms. The fourth-order valence-corrected chi connectivity index (χ4v) is 7.35. The number of hydrogen-bond donors (Lipinski definition) is 0. The van der Waals surface area contributed by atoms with E-state index in [2.05, 4.69) is 0 Å². The van der Waals surface area contributed by atoms with Gasteiger partial charge in [0.05, 0.1) is 5.92 Å². The quantitative estimate of drug-likeness (QED) is 0.104. The van der Waals surface area contributed by atoms with Crippen molar-refractivity contribution in [3.63, 3.8) is 0 Å². The van der Waals surface area contributed by atoms with Gasteiger partial charge in [0.1, 0.15) is 0 Å². The van der Waals surface area contributed by atoms with Crippen LogP contribution in [0.5, 0.6) is 0 Å². The molecule has 1 aliphatic heterocycles. The van der Waals surface area contributed by atoms with Gasteiger partial charge in [-0.05, 0) is 93.7 Å². The van der Waals surface area contributed by atoms with Gasteiger partial charge in [-0.25, -0.2) is 0 Å². The van der Waals surface area contributed by atoms with Crippen LogP contribution < -0.4 is 0 Å². The molecule has 0 fully saturated rings. The molecule has 0 saturated heterocycles. The van der Waals surface area contributed by atoms with E-state index in [4.69, 9.17) is 0 Å². The van der Waals surface area contributed by atoms with Crippen molar-refractivity contribution in [1.29, 1.82) is 0 Å². The SMILES string of the molecule is Cc1cc2c3c(ccc4c5c(C)cc6c7c(ccc(c1c34)c75)C(=O)N(CC(C)C)C6=O)C(=O)C(CC(C)C)C2=O. The highest BCUT2D eigenvalue weighted by Crippen LogP contribution is 2.49. The number of hydrogen-bond acceptors (Lipinski definition) is 4. The zero-order chi connectivity index (χ0) is 28.4. The second kappa shape index (κ2) is 8.20. The molecule has 0 saturated carbocycles. The Hall–Kier alpha value is -4.12. The van der Waals surface area contributed by atoms with E-state index in [9.17, 15) is 19.2 Å². The molecule has 7 rings (SSSR count). The third kappa shape index (κ3) is 3.03. The van der Waals surface area contributed by atoms with E-state index < -0.39 is 5.92 Å². The zero-order valence-corrected chi connectivity index (χ0v) is 23.7. The molecule has 1 heterocycles. The molecule has 0 spiro atoms. The number of rotatable bonds is 4. The first-order chi connectivity index (χ1) is 19.0.